The molecule has 0 aliphatic heterocycles. The van der Waals surface area contributed by atoms with Crippen LogP contribution in [-0.4, -0.2) is 50.9 Å². The zero-order chi connectivity index (χ0) is 22.7. The Bertz CT molecular complexity index is 1320. The Balaban J connectivity index is 0.00000306. The van der Waals surface area contributed by atoms with Crippen LogP contribution < -0.4 is 27.6 Å². The molecule has 2 aromatic carbocycles. The van der Waals surface area contributed by atoms with Gasteiger partial charge in [0.15, 0.2) is 18.9 Å². The molecular weight excluding hydrogens is 444 g/mol. The second-order valence-electron chi connectivity index (χ2n) is 7.54. The summed E-state index contributed by atoms with van der Waals surface area (Å²) in [5.41, 5.74) is 3.43. The number of amides is 2. The van der Waals surface area contributed by atoms with Crippen molar-refractivity contribution in [1.29, 1.82) is 0 Å². The van der Waals surface area contributed by atoms with E-state index in [-0.39, 0.29) is 24.4 Å². The number of aryl methyl sites for hydroxylation is 1. The van der Waals surface area contributed by atoms with E-state index in [1.807, 2.05) is 41.2 Å². The molecule has 0 aliphatic rings. The van der Waals surface area contributed by atoms with Crippen LogP contribution in [0, 0.1) is 6.92 Å². The molecule has 4 rings (SSSR count). The number of aromatic nitrogens is 2. The van der Waals surface area contributed by atoms with Gasteiger partial charge in [-0.15, -0.1) is 0 Å². The van der Waals surface area contributed by atoms with Gasteiger partial charge in [0, 0.05) is 41.3 Å². The van der Waals surface area contributed by atoms with E-state index in [0.717, 1.165) is 38.1 Å². The maximum absolute atomic E-state index is 12.8. The minimum Gasteiger partial charge on any atom is -1.00 e. The molecule has 2 amide bonds. The molecule has 2 aromatic heterocycles. The summed E-state index contributed by atoms with van der Waals surface area (Å²) >= 11 is 0. The second kappa shape index (κ2) is 10.5. The Hall–Kier alpha value is -3.36. The average Bonchev–Trinajstić information content (AvgIpc) is 3.20. The van der Waals surface area contributed by atoms with Gasteiger partial charge in [-0.25, -0.2) is 14.2 Å². The fourth-order valence-corrected chi connectivity index (χ4v) is 4.09. The molecular formula is C24H27ClN4O4. The van der Waals surface area contributed by atoms with E-state index >= 15 is 0 Å². The molecule has 0 saturated carbocycles. The highest BCUT2D eigenvalue weighted by atomic mass is 35.5. The van der Waals surface area contributed by atoms with Crippen LogP contribution >= 0.6 is 0 Å². The summed E-state index contributed by atoms with van der Waals surface area (Å²) < 4.78 is 12.8. The van der Waals surface area contributed by atoms with Crippen LogP contribution in [-0.2, 0) is 16.0 Å². The first-order valence-electron chi connectivity index (χ1n) is 10.5. The zero-order valence-electron chi connectivity index (χ0n) is 18.8. The number of carbonyl (C=O) groups excluding carboxylic acids is 2. The number of hydrogen-bond donors (Lipinski definition) is 3. The third-order valence-electron chi connectivity index (χ3n) is 5.66. The molecule has 0 fully saturated rings. The minimum absolute atomic E-state index is 0. The summed E-state index contributed by atoms with van der Waals surface area (Å²) in [6, 6.07) is 9.77. The lowest BCUT2D eigenvalue weighted by molar-refractivity contribution is -0.697. The van der Waals surface area contributed by atoms with E-state index in [1.54, 1.807) is 7.05 Å². The molecule has 33 heavy (non-hydrogen) atoms. The number of H-pyrrole nitrogens is 1. The lowest BCUT2D eigenvalue weighted by Gasteiger charge is -2.10. The number of urea groups is 1. The highest BCUT2D eigenvalue weighted by molar-refractivity contribution is 6.23. The Labute approximate surface area is 197 Å². The van der Waals surface area contributed by atoms with Crippen molar-refractivity contribution in [3.8, 4) is 0 Å². The molecule has 0 bridgehead atoms. The fourth-order valence-electron chi connectivity index (χ4n) is 4.09. The van der Waals surface area contributed by atoms with Gasteiger partial charge in [-0.2, -0.15) is 0 Å². The number of halogens is 1. The van der Waals surface area contributed by atoms with E-state index in [4.69, 9.17) is 9.47 Å². The lowest BCUT2D eigenvalue weighted by Crippen LogP contribution is -3.00. The van der Waals surface area contributed by atoms with Crippen molar-refractivity contribution in [2.24, 2.45) is 0 Å². The SMILES string of the molecule is CNC(=O)NCCOCC[n+]1ccc2c(C(=O)OC)c3[nH]c4ccccc4c3c(C)c2c1.[Cl-]. The number of nitrogens with one attached hydrogen (secondary N) is 3. The first-order chi connectivity index (χ1) is 15.5. The third-order valence-corrected chi connectivity index (χ3v) is 5.66. The van der Waals surface area contributed by atoms with E-state index in [0.29, 0.717) is 31.9 Å². The van der Waals surface area contributed by atoms with Crippen LogP contribution in [0.4, 0.5) is 4.79 Å². The standard InChI is InChI=1S/C24H26N4O4.ClH/c1-15-18-14-28(11-13-32-12-9-26-24(30)25-2)10-8-16(18)21(23(29)31-3)22-20(15)17-6-4-5-7-19(17)27-22;/h4-8,10,14H,9,11-13H2,1-3H3,(H2,25,26,30);1H. The van der Waals surface area contributed by atoms with Gasteiger partial charge in [0.25, 0.3) is 0 Å². The number of pyridine rings is 1. The highest BCUT2D eigenvalue weighted by Crippen LogP contribution is 2.36. The van der Waals surface area contributed by atoms with Crippen LogP contribution in [0.15, 0.2) is 42.7 Å². The van der Waals surface area contributed by atoms with Crippen LogP contribution in [0.25, 0.3) is 32.6 Å². The molecule has 0 spiro atoms. The summed E-state index contributed by atoms with van der Waals surface area (Å²) in [6.07, 6.45) is 3.99. The molecule has 174 valence electrons. The van der Waals surface area contributed by atoms with Crippen molar-refractivity contribution >= 4 is 44.6 Å². The minimum atomic E-state index is -0.365. The van der Waals surface area contributed by atoms with Crippen LogP contribution in [0.2, 0.25) is 0 Å². The number of nitrogens with zero attached hydrogens (tertiary/aromatic N) is 1. The summed E-state index contributed by atoms with van der Waals surface area (Å²) in [4.78, 5) is 27.3. The van der Waals surface area contributed by atoms with Crippen LogP contribution in [0.1, 0.15) is 15.9 Å². The van der Waals surface area contributed by atoms with Gasteiger partial charge in [0.05, 0.1) is 30.2 Å². The molecule has 4 aromatic rings. The molecule has 0 saturated heterocycles. The van der Waals surface area contributed by atoms with Crippen molar-refractivity contribution < 1.29 is 36.0 Å². The smallest absolute Gasteiger partial charge is 0.340 e. The number of rotatable bonds is 7. The Kier molecular flexibility index (Phi) is 7.73. The normalized spacial score (nSPS) is 10.9. The van der Waals surface area contributed by atoms with Gasteiger partial charge < -0.3 is 37.5 Å². The van der Waals surface area contributed by atoms with Crippen LogP contribution in [0.5, 0.6) is 0 Å². The number of fused-ring (bicyclic) bond motifs is 4. The van der Waals surface area contributed by atoms with Gasteiger partial charge in [-0.1, -0.05) is 18.2 Å². The molecule has 0 aliphatic carbocycles. The van der Waals surface area contributed by atoms with Gasteiger partial charge in [-0.05, 0) is 18.6 Å². The maximum atomic E-state index is 12.8. The monoisotopic (exact) mass is 470 g/mol. The number of aromatic amines is 1. The molecule has 0 unspecified atom stereocenters. The van der Waals surface area contributed by atoms with Crippen molar-refractivity contribution in [2.45, 2.75) is 13.5 Å². The number of esters is 1. The van der Waals surface area contributed by atoms with Gasteiger partial charge in [0.2, 0.25) is 0 Å². The molecule has 8 nitrogen and oxygen atoms in total. The number of carbonyl (C=O) groups is 2. The first kappa shape index (κ1) is 24.3. The number of para-hydroxylation sites is 1. The van der Waals surface area contributed by atoms with E-state index in [2.05, 4.69) is 28.6 Å². The third kappa shape index (κ3) is 4.72. The van der Waals surface area contributed by atoms with Gasteiger partial charge >= 0.3 is 12.0 Å². The number of benzene rings is 2. The predicted molar refractivity (Wildman–Crippen MR) is 123 cm³/mol. The van der Waals surface area contributed by atoms with Crippen molar-refractivity contribution in [3.63, 3.8) is 0 Å². The quantitative estimate of drug-likeness (QED) is 0.198. The average molecular weight is 471 g/mol. The largest absolute Gasteiger partial charge is 1.00 e. The Morgan fingerprint density at radius 3 is 2.64 bits per heavy atom. The number of methoxy groups -OCH3 is 1. The molecule has 0 radical (unpaired) electrons. The highest BCUT2D eigenvalue weighted by Gasteiger charge is 2.23. The van der Waals surface area contributed by atoms with E-state index in [9.17, 15) is 9.59 Å². The zero-order valence-corrected chi connectivity index (χ0v) is 19.6. The first-order valence-corrected chi connectivity index (χ1v) is 10.5. The second-order valence-corrected chi connectivity index (χ2v) is 7.54. The van der Waals surface area contributed by atoms with Crippen molar-refractivity contribution in [2.75, 3.05) is 33.9 Å². The fraction of sp³-hybridized carbons (Fsp3) is 0.292. The summed E-state index contributed by atoms with van der Waals surface area (Å²) in [5.74, 6) is -0.365. The van der Waals surface area contributed by atoms with Gasteiger partial charge in [0.1, 0.15) is 6.61 Å². The predicted octanol–water partition coefficient (Wildman–Crippen LogP) is -0.194. The van der Waals surface area contributed by atoms with Crippen LogP contribution in [0.3, 0.4) is 0 Å². The molecule has 3 N–H and O–H groups in total. The maximum Gasteiger partial charge on any atom is 0.340 e. The summed E-state index contributed by atoms with van der Waals surface area (Å²) in [5, 5.41) is 9.13. The van der Waals surface area contributed by atoms with Crippen molar-refractivity contribution in [1.82, 2.24) is 15.6 Å². The van der Waals surface area contributed by atoms with Crippen molar-refractivity contribution in [3.05, 3.63) is 53.9 Å². The summed E-state index contributed by atoms with van der Waals surface area (Å²) in [7, 11) is 2.98. The molecule has 9 heteroatoms. The molecule has 0 atom stereocenters. The van der Waals surface area contributed by atoms with E-state index < -0.39 is 0 Å². The summed E-state index contributed by atoms with van der Waals surface area (Å²) in [6.45, 7) is 4.11. The van der Waals surface area contributed by atoms with E-state index in [1.165, 1.54) is 7.11 Å². The number of hydrogen-bond acceptors (Lipinski definition) is 4. The topological polar surface area (TPSA) is 96.3 Å². The Morgan fingerprint density at radius 2 is 1.88 bits per heavy atom. The molecule has 2 heterocycles. The Morgan fingerprint density at radius 1 is 1.09 bits per heavy atom. The van der Waals surface area contributed by atoms with Gasteiger partial charge in [-0.3, -0.25) is 0 Å². The lowest BCUT2D eigenvalue weighted by atomic mass is 9.96. The number of ether oxygens (including phenoxy) is 2.